The zero-order valence-corrected chi connectivity index (χ0v) is 6.93. The summed E-state index contributed by atoms with van der Waals surface area (Å²) in [6.07, 6.45) is 1.56. The molecule has 0 aliphatic heterocycles. The lowest BCUT2D eigenvalue weighted by Gasteiger charge is -1.97. The van der Waals surface area contributed by atoms with Crippen LogP contribution in [0.5, 0.6) is 0 Å². The minimum Gasteiger partial charge on any atom is -0.296 e. The van der Waals surface area contributed by atoms with Gasteiger partial charge in [-0.3, -0.25) is 4.79 Å². The second kappa shape index (κ2) is 3.49. The predicted molar refractivity (Wildman–Crippen MR) is 44.0 cm³/mol. The summed E-state index contributed by atoms with van der Waals surface area (Å²) in [6, 6.07) is 3.49. The van der Waals surface area contributed by atoms with E-state index in [1.807, 2.05) is 6.92 Å². The van der Waals surface area contributed by atoms with Gasteiger partial charge in [-0.1, -0.05) is 18.5 Å². The van der Waals surface area contributed by atoms with E-state index >= 15 is 0 Å². The molecule has 2 nitrogen and oxygen atoms in total. The van der Waals surface area contributed by atoms with Gasteiger partial charge in [0.1, 0.15) is 10.8 Å². The lowest BCUT2D eigenvalue weighted by atomic mass is 10.2. The van der Waals surface area contributed by atoms with Gasteiger partial charge in [0.15, 0.2) is 6.29 Å². The minimum absolute atomic E-state index is 0.381. The highest BCUT2D eigenvalue weighted by Gasteiger charge is 1.97. The van der Waals surface area contributed by atoms with Crippen molar-refractivity contribution in [1.29, 1.82) is 0 Å². The van der Waals surface area contributed by atoms with Crippen LogP contribution in [-0.4, -0.2) is 11.3 Å². The second-order valence-corrected chi connectivity index (χ2v) is 2.58. The molecule has 0 fully saturated rings. The number of rotatable bonds is 2. The summed E-state index contributed by atoms with van der Waals surface area (Å²) in [5.74, 6) is 0. The molecule has 0 aromatic carbocycles. The summed E-state index contributed by atoms with van der Waals surface area (Å²) in [7, 11) is 0. The van der Waals surface area contributed by atoms with Crippen LogP contribution < -0.4 is 0 Å². The fourth-order valence-electron chi connectivity index (χ4n) is 0.837. The molecule has 1 aromatic heterocycles. The molecule has 1 aromatic rings. The molecule has 58 valence electrons. The second-order valence-electron chi connectivity index (χ2n) is 2.19. The number of hydrogen-bond acceptors (Lipinski definition) is 2. The maximum atomic E-state index is 10.3. The summed E-state index contributed by atoms with van der Waals surface area (Å²) in [4.78, 5) is 14.1. The van der Waals surface area contributed by atoms with Gasteiger partial charge in [0, 0.05) is 0 Å². The molecule has 0 radical (unpaired) electrons. The molecule has 1 rings (SSSR count). The highest BCUT2D eigenvalue weighted by molar-refractivity contribution is 6.29. The van der Waals surface area contributed by atoms with Gasteiger partial charge in [-0.05, 0) is 24.1 Å². The van der Waals surface area contributed by atoms with Gasteiger partial charge in [0.2, 0.25) is 0 Å². The Bertz CT molecular complexity index is 273. The van der Waals surface area contributed by atoms with Gasteiger partial charge >= 0.3 is 0 Å². The summed E-state index contributed by atoms with van der Waals surface area (Å²) in [5, 5.41) is 0.381. The van der Waals surface area contributed by atoms with Crippen LogP contribution in [0.3, 0.4) is 0 Å². The maximum absolute atomic E-state index is 10.3. The van der Waals surface area contributed by atoms with Crippen molar-refractivity contribution in [2.24, 2.45) is 0 Å². The Balaban J connectivity index is 3.11. The number of carbonyl (C=O) groups is 1. The van der Waals surface area contributed by atoms with E-state index in [4.69, 9.17) is 11.6 Å². The molecular formula is C8H8ClNO. The third kappa shape index (κ3) is 2.02. The number of hydrogen-bond donors (Lipinski definition) is 0. The van der Waals surface area contributed by atoms with Crippen LogP contribution in [0.15, 0.2) is 12.1 Å². The standard InChI is InChI=1S/C8H8ClNO/c1-2-6-3-7(5-11)10-8(9)4-6/h3-5H,2H2,1H3. The van der Waals surface area contributed by atoms with Crippen LogP contribution in [-0.2, 0) is 6.42 Å². The number of halogens is 1. The highest BCUT2D eigenvalue weighted by Crippen LogP contribution is 2.09. The number of aldehydes is 1. The molecule has 0 atom stereocenters. The van der Waals surface area contributed by atoms with Gasteiger partial charge in [-0.2, -0.15) is 0 Å². The van der Waals surface area contributed by atoms with Gasteiger partial charge in [-0.15, -0.1) is 0 Å². The third-order valence-corrected chi connectivity index (χ3v) is 1.60. The normalized spacial score (nSPS) is 9.64. The number of aromatic nitrogens is 1. The van der Waals surface area contributed by atoms with Crippen molar-refractivity contribution >= 4 is 17.9 Å². The van der Waals surface area contributed by atoms with Crippen LogP contribution in [0.2, 0.25) is 5.15 Å². The number of pyridine rings is 1. The fraction of sp³-hybridized carbons (Fsp3) is 0.250. The molecule has 0 spiro atoms. The molecule has 0 aliphatic rings. The zero-order chi connectivity index (χ0) is 8.27. The van der Waals surface area contributed by atoms with E-state index in [1.54, 1.807) is 12.1 Å². The molecule has 0 aliphatic carbocycles. The first kappa shape index (κ1) is 8.21. The van der Waals surface area contributed by atoms with E-state index in [1.165, 1.54) is 0 Å². The Morgan fingerprint density at radius 1 is 1.64 bits per heavy atom. The van der Waals surface area contributed by atoms with Crippen LogP contribution in [0, 0.1) is 0 Å². The molecule has 11 heavy (non-hydrogen) atoms. The largest absolute Gasteiger partial charge is 0.296 e. The van der Waals surface area contributed by atoms with Gasteiger partial charge in [0.05, 0.1) is 0 Å². The van der Waals surface area contributed by atoms with Crippen molar-refractivity contribution in [2.75, 3.05) is 0 Å². The van der Waals surface area contributed by atoms with Gasteiger partial charge in [0.25, 0.3) is 0 Å². The average molecular weight is 170 g/mol. The van der Waals surface area contributed by atoms with Gasteiger partial charge in [-0.25, -0.2) is 4.98 Å². The molecule has 0 unspecified atom stereocenters. The fourth-order valence-corrected chi connectivity index (χ4v) is 1.07. The summed E-state index contributed by atoms with van der Waals surface area (Å²) in [6.45, 7) is 2.00. The van der Waals surface area contributed by atoms with E-state index in [2.05, 4.69) is 4.98 Å². The summed E-state index contributed by atoms with van der Waals surface area (Å²) < 4.78 is 0. The van der Waals surface area contributed by atoms with Crippen LogP contribution >= 0.6 is 11.6 Å². The van der Waals surface area contributed by atoms with Crippen molar-refractivity contribution in [2.45, 2.75) is 13.3 Å². The Morgan fingerprint density at radius 2 is 2.36 bits per heavy atom. The zero-order valence-electron chi connectivity index (χ0n) is 6.17. The van der Waals surface area contributed by atoms with Crippen molar-refractivity contribution < 1.29 is 4.79 Å². The molecule has 0 amide bonds. The van der Waals surface area contributed by atoms with E-state index in [0.717, 1.165) is 12.0 Å². The number of carbonyl (C=O) groups excluding carboxylic acids is 1. The molecule has 3 heteroatoms. The topological polar surface area (TPSA) is 30.0 Å². The maximum Gasteiger partial charge on any atom is 0.168 e. The molecule has 1 heterocycles. The molecule has 0 N–H and O–H groups in total. The first-order chi connectivity index (χ1) is 5.26. The average Bonchev–Trinajstić information content (AvgIpc) is 2.03. The van der Waals surface area contributed by atoms with Crippen LogP contribution in [0.25, 0.3) is 0 Å². The van der Waals surface area contributed by atoms with Crippen molar-refractivity contribution in [3.05, 3.63) is 28.5 Å². The number of nitrogens with zero attached hydrogens (tertiary/aromatic N) is 1. The van der Waals surface area contributed by atoms with E-state index < -0.39 is 0 Å². The highest BCUT2D eigenvalue weighted by atomic mass is 35.5. The molecular weight excluding hydrogens is 162 g/mol. The first-order valence-electron chi connectivity index (χ1n) is 3.38. The Morgan fingerprint density at radius 3 is 2.91 bits per heavy atom. The monoisotopic (exact) mass is 169 g/mol. The Hall–Kier alpha value is -0.890. The third-order valence-electron chi connectivity index (χ3n) is 1.40. The van der Waals surface area contributed by atoms with Crippen LogP contribution in [0.1, 0.15) is 23.0 Å². The molecule has 0 bridgehead atoms. The Kier molecular flexibility index (Phi) is 2.60. The predicted octanol–water partition coefficient (Wildman–Crippen LogP) is 2.11. The SMILES string of the molecule is CCc1cc(Cl)nc(C=O)c1. The van der Waals surface area contributed by atoms with Gasteiger partial charge < -0.3 is 0 Å². The van der Waals surface area contributed by atoms with E-state index in [9.17, 15) is 4.79 Å². The van der Waals surface area contributed by atoms with E-state index in [0.29, 0.717) is 17.1 Å². The lowest BCUT2D eigenvalue weighted by molar-refractivity contribution is 0.111. The first-order valence-corrected chi connectivity index (χ1v) is 3.75. The Labute approximate surface area is 70.2 Å². The minimum atomic E-state index is 0.381. The quantitative estimate of drug-likeness (QED) is 0.502. The van der Waals surface area contributed by atoms with Crippen molar-refractivity contribution in [3.63, 3.8) is 0 Å². The lowest BCUT2D eigenvalue weighted by Crippen LogP contribution is -1.90. The smallest absolute Gasteiger partial charge is 0.168 e. The van der Waals surface area contributed by atoms with E-state index in [-0.39, 0.29) is 0 Å². The summed E-state index contributed by atoms with van der Waals surface area (Å²) >= 11 is 5.64. The van der Waals surface area contributed by atoms with Crippen molar-refractivity contribution in [1.82, 2.24) is 4.98 Å². The van der Waals surface area contributed by atoms with Crippen molar-refractivity contribution in [3.8, 4) is 0 Å². The molecule has 0 saturated heterocycles. The molecule has 0 saturated carbocycles. The summed E-state index contributed by atoms with van der Waals surface area (Å²) in [5.41, 5.74) is 1.43. The number of aryl methyl sites for hydroxylation is 1. The van der Waals surface area contributed by atoms with Crippen LogP contribution in [0.4, 0.5) is 0 Å².